The van der Waals surface area contributed by atoms with Crippen molar-refractivity contribution in [2.75, 3.05) is 20.2 Å². The first-order valence-corrected chi connectivity index (χ1v) is 4.48. The Bertz CT molecular complexity index is 195. The maximum absolute atomic E-state index is 5.68. The van der Waals surface area contributed by atoms with Gasteiger partial charge in [-0.25, -0.2) is 0 Å². The fourth-order valence-electron chi connectivity index (χ4n) is 0.976. The van der Waals surface area contributed by atoms with E-state index in [2.05, 4.69) is 17.2 Å². The second-order valence-corrected chi connectivity index (χ2v) is 3.28. The fourth-order valence-corrected chi connectivity index (χ4v) is 0.976. The minimum absolute atomic E-state index is 0.0798. The minimum atomic E-state index is -0.196. The van der Waals surface area contributed by atoms with Crippen molar-refractivity contribution < 1.29 is 4.74 Å². The summed E-state index contributed by atoms with van der Waals surface area (Å²) in [7, 11) is 1.69. The van der Waals surface area contributed by atoms with Gasteiger partial charge in [0.2, 0.25) is 0 Å². The topological polar surface area (TPSA) is 47.3 Å². The van der Waals surface area contributed by atoms with E-state index in [0.29, 0.717) is 13.1 Å². The van der Waals surface area contributed by atoms with Gasteiger partial charge in [-0.15, -0.1) is 5.92 Å². The molecule has 0 aliphatic carbocycles. The maximum atomic E-state index is 5.68. The molecule has 3 N–H and O–H groups in total. The molecule has 0 radical (unpaired) electrons. The van der Waals surface area contributed by atoms with Crippen molar-refractivity contribution >= 4 is 0 Å². The van der Waals surface area contributed by atoms with Crippen molar-refractivity contribution in [1.82, 2.24) is 5.32 Å². The van der Waals surface area contributed by atoms with Crippen LogP contribution in [-0.2, 0) is 4.74 Å². The van der Waals surface area contributed by atoms with Gasteiger partial charge in [-0.2, -0.15) is 0 Å². The molecular weight excluding hydrogens is 164 g/mol. The first-order chi connectivity index (χ1) is 6.10. The largest absolute Gasteiger partial charge is 0.380 e. The average Bonchev–Trinajstić information content (AvgIpc) is 2.16. The quantitative estimate of drug-likeness (QED) is 0.606. The average molecular weight is 184 g/mol. The Morgan fingerprint density at radius 1 is 1.62 bits per heavy atom. The smallest absolute Gasteiger partial charge is 0.0734 e. The Morgan fingerprint density at radius 2 is 2.23 bits per heavy atom. The second-order valence-electron chi connectivity index (χ2n) is 3.28. The van der Waals surface area contributed by atoms with Gasteiger partial charge in [0.25, 0.3) is 0 Å². The molecule has 0 saturated heterocycles. The van der Waals surface area contributed by atoms with Crippen molar-refractivity contribution in [1.29, 1.82) is 0 Å². The van der Waals surface area contributed by atoms with Crippen LogP contribution >= 0.6 is 0 Å². The molecule has 0 heterocycles. The summed E-state index contributed by atoms with van der Waals surface area (Å²) in [5.41, 5.74) is 5.48. The molecule has 0 aliphatic heterocycles. The van der Waals surface area contributed by atoms with Crippen LogP contribution in [0.5, 0.6) is 0 Å². The zero-order chi connectivity index (χ0) is 10.3. The van der Waals surface area contributed by atoms with E-state index >= 15 is 0 Å². The lowest BCUT2D eigenvalue weighted by molar-refractivity contribution is 0.0440. The Balaban J connectivity index is 4.15. The molecule has 3 heteroatoms. The van der Waals surface area contributed by atoms with E-state index in [0.717, 1.165) is 0 Å². The van der Waals surface area contributed by atoms with Gasteiger partial charge in [-0.05, 0) is 20.8 Å². The van der Waals surface area contributed by atoms with Crippen molar-refractivity contribution in [3.8, 4) is 11.8 Å². The predicted molar refractivity (Wildman–Crippen MR) is 55.4 cm³/mol. The summed E-state index contributed by atoms with van der Waals surface area (Å²) < 4.78 is 5.25. The molecule has 0 saturated carbocycles. The molecule has 2 unspecified atom stereocenters. The molecular formula is C10H20N2O. The van der Waals surface area contributed by atoms with Gasteiger partial charge in [-0.3, -0.25) is 5.32 Å². The van der Waals surface area contributed by atoms with Gasteiger partial charge >= 0.3 is 0 Å². The van der Waals surface area contributed by atoms with E-state index in [-0.39, 0.29) is 11.6 Å². The lowest BCUT2D eigenvalue weighted by Crippen LogP contribution is -2.56. The van der Waals surface area contributed by atoms with Crippen LogP contribution < -0.4 is 11.1 Å². The molecule has 13 heavy (non-hydrogen) atoms. The molecule has 0 fully saturated rings. The highest BCUT2D eigenvalue weighted by Crippen LogP contribution is 2.10. The third-order valence-electron chi connectivity index (χ3n) is 2.43. The third kappa shape index (κ3) is 3.77. The lowest BCUT2D eigenvalue weighted by Gasteiger charge is -2.34. The Labute approximate surface area is 81.0 Å². The van der Waals surface area contributed by atoms with Gasteiger partial charge in [0, 0.05) is 13.7 Å². The van der Waals surface area contributed by atoms with Crippen molar-refractivity contribution in [2.24, 2.45) is 5.73 Å². The Kier molecular flexibility index (Phi) is 5.72. The zero-order valence-corrected chi connectivity index (χ0v) is 8.98. The molecule has 0 aromatic rings. The fraction of sp³-hybridized carbons (Fsp3) is 0.800. The first-order valence-electron chi connectivity index (χ1n) is 4.48. The van der Waals surface area contributed by atoms with E-state index < -0.39 is 0 Å². The van der Waals surface area contributed by atoms with Crippen LogP contribution in [0.15, 0.2) is 0 Å². The van der Waals surface area contributed by atoms with Crippen LogP contribution in [-0.4, -0.2) is 31.8 Å². The molecule has 76 valence electrons. The van der Waals surface area contributed by atoms with Crippen LogP contribution in [0.2, 0.25) is 0 Å². The number of ether oxygens (including phenoxy) is 1. The molecule has 0 aromatic carbocycles. The lowest BCUT2D eigenvalue weighted by atomic mass is 9.96. The summed E-state index contributed by atoms with van der Waals surface area (Å²) in [5, 5.41) is 3.27. The molecule has 0 rings (SSSR count). The number of nitrogens with one attached hydrogen (secondary N) is 1. The molecule has 0 aromatic heterocycles. The highest BCUT2D eigenvalue weighted by atomic mass is 16.5. The molecule has 0 aliphatic rings. The summed E-state index contributed by atoms with van der Waals surface area (Å²) in [6, 6.07) is 0. The SMILES string of the molecule is CC#CCNC(C)(CN)C(C)OC. The number of rotatable bonds is 5. The van der Waals surface area contributed by atoms with Gasteiger partial charge in [0.1, 0.15) is 0 Å². The summed E-state index contributed by atoms with van der Waals surface area (Å²) >= 11 is 0. The van der Waals surface area contributed by atoms with Crippen LogP contribution in [0, 0.1) is 11.8 Å². The highest BCUT2D eigenvalue weighted by molar-refractivity contribution is 5.01. The van der Waals surface area contributed by atoms with Crippen LogP contribution in [0.3, 0.4) is 0 Å². The van der Waals surface area contributed by atoms with Crippen molar-refractivity contribution in [3.63, 3.8) is 0 Å². The summed E-state index contributed by atoms with van der Waals surface area (Å²) in [6.07, 6.45) is 0.0798. The normalized spacial score (nSPS) is 17.0. The van der Waals surface area contributed by atoms with E-state index in [1.807, 2.05) is 20.8 Å². The first kappa shape index (κ1) is 12.4. The van der Waals surface area contributed by atoms with Gasteiger partial charge in [0.15, 0.2) is 0 Å². The van der Waals surface area contributed by atoms with Crippen LogP contribution in [0.25, 0.3) is 0 Å². The van der Waals surface area contributed by atoms with E-state index in [1.165, 1.54) is 0 Å². The third-order valence-corrected chi connectivity index (χ3v) is 2.43. The minimum Gasteiger partial charge on any atom is -0.380 e. The van der Waals surface area contributed by atoms with Crippen molar-refractivity contribution in [2.45, 2.75) is 32.4 Å². The van der Waals surface area contributed by atoms with Gasteiger partial charge in [-0.1, -0.05) is 5.92 Å². The molecule has 0 spiro atoms. The van der Waals surface area contributed by atoms with Gasteiger partial charge < -0.3 is 10.5 Å². The number of hydrogen-bond acceptors (Lipinski definition) is 3. The Morgan fingerprint density at radius 3 is 2.62 bits per heavy atom. The van der Waals surface area contributed by atoms with Crippen LogP contribution in [0.4, 0.5) is 0 Å². The number of nitrogens with two attached hydrogens (primary N) is 1. The number of hydrogen-bond donors (Lipinski definition) is 2. The molecule has 0 bridgehead atoms. The summed E-state index contributed by atoms with van der Waals surface area (Å²) in [5.74, 6) is 5.77. The highest BCUT2D eigenvalue weighted by Gasteiger charge is 2.28. The second kappa shape index (κ2) is 5.98. The molecule has 0 amide bonds. The summed E-state index contributed by atoms with van der Waals surface area (Å²) in [6.45, 7) is 7.05. The standard InChI is InChI=1S/C10H20N2O/c1-5-6-7-12-10(3,8-11)9(2)13-4/h9,12H,7-8,11H2,1-4H3. The van der Waals surface area contributed by atoms with E-state index in [1.54, 1.807) is 7.11 Å². The van der Waals surface area contributed by atoms with Gasteiger partial charge in [0.05, 0.1) is 18.2 Å². The van der Waals surface area contributed by atoms with Crippen LogP contribution in [0.1, 0.15) is 20.8 Å². The molecule has 2 atom stereocenters. The zero-order valence-electron chi connectivity index (χ0n) is 8.98. The predicted octanol–water partition coefficient (Wildman–Crippen LogP) is 0.352. The number of methoxy groups -OCH3 is 1. The van der Waals surface area contributed by atoms with Crippen molar-refractivity contribution in [3.05, 3.63) is 0 Å². The molecule has 3 nitrogen and oxygen atoms in total. The van der Waals surface area contributed by atoms with E-state index in [4.69, 9.17) is 10.5 Å². The van der Waals surface area contributed by atoms with E-state index in [9.17, 15) is 0 Å². The maximum Gasteiger partial charge on any atom is 0.0734 e. The Hall–Kier alpha value is -0.560. The monoisotopic (exact) mass is 184 g/mol. The summed E-state index contributed by atoms with van der Waals surface area (Å²) in [4.78, 5) is 0.